The van der Waals surface area contributed by atoms with Crippen LogP contribution in [0.25, 0.3) is 0 Å². The SMILES string of the molecule is C[C@H]1CC(=O)Nc2ccccc2N1C(=O)CN1CCN(c2ccccc2O)CC1. The van der Waals surface area contributed by atoms with Crippen molar-refractivity contribution in [2.24, 2.45) is 0 Å². The highest BCUT2D eigenvalue weighted by Crippen LogP contribution is 2.31. The number of rotatable bonds is 3. The molecular weight excluding hydrogens is 368 g/mol. The van der Waals surface area contributed by atoms with Gasteiger partial charge in [0.15, 0.2) is 0 Å². The van der Waals surface area contributed by atoms with E-state index in [2.05, 4.69) is 15.1 Å². The zero-order valence-corrected chi connectivity index (χ0v) is 16.5. The number of carbonyl (C=O) groups excluding carboxylic acids is 2. The second kappa shape index (κ2) is 8.13. The molecule has 0 saturated carbocycles. The molecule has 0 unspecified atom stereocenters. The molecule has 1 atom stereocenters. The molecule has 7 heteroatoms. The van der Waals surface area contributed by atoms with E-state index in [1.54, 1.807) is 11.0 Å². The number of phenols is 1. The summed E-state index contributed by atoms with van der Waals surface area (Å²) in [6, 6.07) is 14.6. The van der Waals surface area contributed by atoms with E-state index in [-0.39, 0.29) is 30.0 Å². The van der Waals surface area contributed by atoms with E-state index >= 15 is 0 Å². The molecule has 2 aliphatic rings. The number of nitrogens with zero attached hydrogens (tertiary/aromatic N) is 3. The van der Waals surface area contributed by atoms with Crippen LogP contribution in [0.2, 0.25) is 0 Å². The molecule has 1 fully saturated rings. The molecule has 2 heterocycles. The minimum absolute atomic E-state index is 0.00235. The third kappa shape index (κ3) is 4.05. The highest BCUT2D eigenvalue weighted by atomic mass is 16.3. The first-order valence-corrected chi connectivity index (χ1v) is 9.99. The van der Waals surface area contributed by atoms with Crippen molar-refractivity contribution >= 4 is 28.9 Å². The lowest BCUT2D eigenvalue weighted by Gasteiger charge is -2.37. The van der Waals surface area contributed by atoms with Crippen molar-refractivity contribution < 1.29 is 14.7 Å². The fourth-order valence-corrected chi connectivity index (χ4v) is 4.11. The fourth-order valence-electron chi connectivity index (χ4n) is 4.11. The summed E-state index contributed by atoms with van der Waals surface area (Å²) >= 11 is 0. The Labute approximate surface area is 170 Å². The average Bonchev–Trinajstić information content (AvgIpc) is 2.83. The molecule has 1 saturated heterocycles. The zero-order chi connectivity index (χ0) is 20.4. The molecule has 2 N–H and O–H groups in total. The van der Waals surface area contributed by atoms with Crippen molar-refractivity contribution in [3.8, 4) is 5.75 Å². The Morgan fingerprint density at radius 1 is 1.03 bits per heavy atom. The number of hydrogen-bond acceptors (Lipinski definition) is 5. The summed E-state index contributed by atoms with van der Waals surface area (Å²) in [5.74, 6) is 0.207. The molecule has 2 aromatic rings. The summed E-state index contributed by atoms with van der Waals surface area (Å²) in [5, 5.41) is 13.0. The van der Waals surface area contributed by atoms with Gasteiger partial charge < -0.3 is 20.2 Å². The summed E-state index contributed by atoms with van der Waals surface area (Å²) in [4.78, 5) is 31.4. The van der Waals surface area contributed by atoms with E-state index < -0.39 is 0 Å². The van der Waals surface area contributed by atoms with E-state index in [1.165, 1.54) is 0 Å². The molecule has 0 bridgehead atoms. The molecule has 4 rings (SSSR count). The van der Waals surface area contributed by atoms with Crippen molar-refractivity contribution in [1.82, 2.24) is 4.90 Å². The third-order valence-corrected chi connectivity index (χ3v) is 5.58. The van der Waals surface area contributed by atoms with Gasteiger partial charge >= 0.3 is 0 Å². The van der Waals surface area contributed by atoms with Gasteiger partial charge in [-0.25, -0.2) is 0 Å². The number of piperazine rings is 1. The van der Waals surface area contributed by atoms with E-state index in [9.17, 15) is 14.7 Å². The fraction of sp³-hybridized carbons (Fsp3) is 0.364. The molecule has 152 valence electrons. The lowest BCUT2D eigenvalue weighted by Crippen LogP contribution is -2.51. The number of nitrogens with one attached hydrogen (secondary N) is 1. The third-order valence-electron chi connectivity index (χ3n) is 5.58. The summed E-state index contributed by atoms with van der Waals surface area (Å²) in [6.45, 7) is 5.19. The number of phenolic OH excluding ortho intramolecular Hbond substituents is 1. The largest absolute Gasteiger partial charge is 0.506 e. The highest BCUT2D eigenvalue weighted by molar-refractivity contribution is 6.04. The summed E-state index contributed by atoms with van der Waals surface area (Å²) in [7, 11) is 0. The quantitative estimate of drug-likeness (QED) is 0.835. The Morgan fingerprint density at radius 2 is 1.69 bits per heavy atom. The van der Waals surface area contributed by atoms with Crippen LogP contribution in [0.3, 0.4) is 0 Å². The maximum absolute atomic E-state index is 13.2. The number of carbonyl (C=O) groups is 2. The lowest BCUT2D eigenvalue weighted by atomic mass is 10.1. The van der Waals surface area contributed by atoms with E-state index in [0.717, 1.165) is 37.6 Å². The first kappa shape index (κ1) is 19.3. The highest BCUT2D eigenvalue weighted by Gasteiger charge is 2.31. The molecule has 7 nitrogen and oxygen atoms in total. The number of aromatic hydroxyl groups is 1. The Hall–Kier alpha value is -3.06. The maximum Gasteiger partial charge on any atom is 0.241 e. The predicted octanol–water partition coefficient (Wildman–Crippen LogP) is 2.28. The number of hydrogen-bond donors (Lipinski definition) is 2. The normalized spacial score (nSPS) is 20.0. The van der Waals surface area contributed by atoms with E-state index in [1.807, 2.05) is 49.4 Å². The van der Waals surface area contributed by atoms with Crippen LogP contribution in [0, 0.1) is 0 Å². The number of amides is 2. The van der Waals surface area contributed by atoms with Gasteiger partial charge in [-0.05, 0) is 31.2 Å². The molecular formula is C22H26N4O3. The Bertz CT molecular complexity index is 908. The van der Waals surface area contributed by atoms with Crippen molar-refractivity contribution in [2.75, 3.05) is 47.8 Å². The monoisotopic (exact) mass is 394 g/mol. The van der Waals surface area contributed by atoms with Crippen LogP contribution in [0.4, 0.5) is 17.1 Å². The van der Waals surface area contributed by atoms with Gasteiger partial charge in [-0.2, -0.15) is 0 Å². The smallest absolute Gasteiger partial charge is 0.241 e. The second-order valence-electron chi connectivity index (χ2n) is 7.63. The van der Waals surface area contributed by atoms with Crippen molar-refractivity contribution in [3.05, 3.63) is 48.5 Å². The van der Waals surface area contributed by atoms with Gasteiger partial charge in [0.1, 0.15) is 5.75 Å². The summed E-state index contributed by atoms with van der Waals surface area (Å²) in [5.41, 5.74) is 2.27. The minimum atomic E-state index is -0.200. The van der Waals surface area contributed by atoms with Gasteiger partial charge in [0, 0.05) is 38.6 Å². The molecule has 2 aromatic carbocycles. The van der Waals surface area contributed by atoms with Crippen LogP contribution in [0.15, 0.2) is 48.5 Å². The first-order chi connectivity index (χ1) is 14.0. The second-order valence-corrected chi connectivity index (χ2v) is 7.63. The van der Waals surface area contributed by atoms with Crippen molar-refractivity contribution in [1.29, 1.82) is 0 Å². The van der Waals surface area contributed by atoms with Crippen LogP contribution in [-0.4, -0.2) is 60.6 Å². The van der Waals surface area contributed by atoms with Crippen molar-refractivity contribution in [2.45, 2.75) is 19.4 Å². The van der Waals surface area contributed by atoms with Gasteiger partial charge in [0.05, 0.1) is 23.6 Å². The number of fused-ring (bicyclic) bond motifs is 1. The summed E-state index contributed by atoms with van der Waals surface area (Å²) < 4.78 is 0. The minimum Gasteiger partial charge on any atom is -0.506 e. The number of benzene rings is 2. The van der Waals surface area contributed by atoms with Crippen LogP contribution < -0.4 is 15.1 Å². The van der Waals surface area contributed by atoms with Crippen LogP contribution >= 0.6 is 0 Å². The van der Waals surface area contributed by atoms with Crippen LogP contribution in [0.5, 0.6) is 5.75 Å². The van der Waals surface area contributed by atoms with Gasteiger partial charge in [0.2, 0.25) is 11.8 Å². The lowest BCUT2D eigenvalue weighted by molar-refractivity contribution is -0.120. The summed E-state index contributed by atoms with van der Waals surface area (Å²) in [6.07, 6.45) is 0.279. The van der Waals surface area contributed by atoms with Gasteiger partial charge in [-0.3, -0.25) is 14.5 Å². The molecule has 29 heavy (non-hydrogen) atoms. The van der Waals surface area contributed by atoms with Gasteiger partial charge in [-0.15, -0.1) is 0 Å². The topological polar surface area (TPSA) is 76.1 Å². The van der Waals surface area contributed by atoms with Crippen LogP contribution in [0.1, 0.15) is 13.3 Å². The number of anilines is 3. The molecule has 2 amide bonds. The Kier molecular flexibility index (Phi) is 5.40. The Morgan fingerprint density at radius 3 is 2.41 bits per heavy atom. The molecule has 0 spiro atoms. The molecule has 2 aliphatic heterocycles. The van der Waals surface area contributed by atoms with Crippen molar-refractivity contribution in [3.63, 3.8) is 0 Å². The molecule has 0 radical (unpaired) electrons. The van der Waals surface area contributed by atoms with Gasteiger partial charge in [-0.1, -0.05) is 24.3 Å². The van der Waals surface area contributed by atoms with Gasteiger partial charge in [0.25, 0.3) is 0 Å². The molecule has 0 aromatic heterocycles. The molecule has 0 aliphatic carbocycles. The standard InChI is InChI=1S/C22H26N4O3/c1-16-14-21(28)23-17-6-2-3-7-18(17)26(16)22(29)15-24-10-12-25(13-11-24)19-8-4-5-9-20(19)27/h2-9,16,27H,10-15H2,1H3,(H,23,28)/t16-/m0/s1. The number of para-hydroxylation sites is 4. The van der Waals surface area contributed by atoms with E-state index in [4.69, 9.17) is 0 Å². The maximum atomic E-state index is 13.2. The average molecular weight is 394 g/mol. The van der Waals surface area contributed by atoms with Crippen LogP contribution in [-0.2, 0) is 9.59 Å². The predicted molar refractivity (Wildman–Crippen MR) is 113 cm³/mol. The zero-order valence-electron chi connectivity index (χ0n) is 16.5. The first-order valence-electron chi connectivity index (χ1n) is 9.99. The van der Waals surface area contributed by atoms with E-state index in [0.29, 0.717) is 12.2 Å². The Balaban J connectivity index is 1.43.